The van der Waals surface area contributed by atoms with Crippen LogP contribution in [0.15, 0.2) is 29.6 Å². The van der Waals surface area contributed by atoms with Crippen molar-refractivity contribution < 1.29 is 9.90 Å². The minimum atomic E-state index is -0.886. The maximum absolute atomic E-state index is 10.6. The van der Waals surface area contributed by atoms with Gasteiger partial charge >= 0.3 is 5.97 Å². The van der Waals surface area contributed by atoms with E-state index in [9.17, 15) is 4.79 Å². The van der Waals surface area contributed by atoms with Gasteiger partial charge in [-0.2, -0.15) is 5.10 Å². The van der Waals surface area contributed by atoms with Crippen LogP contribution in [-0.2, 0) is 11.8 Å². The number of aliphatic carboxylic acids is 1. The molecule has 0 aliphatic rings. The number of nitrogens with one attached hydrogen (secondary N) is 1. The van der Waals surface area contributed by atoms with Crippen molar-refractivity contribution in [3.05, 3.63) is 35.7 Å². The second kappa shape index (κ2) is 6.48. The van der Waals surface area contributed by atoms with Crippen LogP contribution in [0.5, 0.6) is 0 Å². The summed E-state index contributed by atoms with van der Waals surface area (Å²) in [4.78, 5) is 13.7. The van der Waals surface area contributed by atoms with Crippen molar-refractivity contribution in [1.82, 2.24) is 25.0 Å². The third kappa shape index (κ3) is 3.48. The molecule has 0 aliphatic heterocycles. The van der Waals surface area contributed by atoms with Crippen LogP contribution in [-0.4, -0.2) is 41.8 Å². The first-order valence-corrected chi connectivity index (χ1v) is 8.31. The van der Waals surface area contributed by atoms with E-state index in [4.69, 9.17) is 5.11 Å². The number of carbonyl (C=O) groups is 1. The Morgan fingerprint density at radius 1 is 1.25 bits per heavy atom. The molecular weight excluding hydrogens is 326 g/mol. The van der Waals surface area contributed by atoms with Crippen molar-refractivity contribution in [2.24, 2.45) is 7.05 Å². The van der Waals surface area contributed by atoms with E-state index < -0.39 is 5.97 Å². The van der Waals surface area contributed by atoms with E-state index in [1.165, 1.54) is 0 Å². The lowest BCUT2D eigenvalue weighted by Gasteiger charge is -2.05. The van der Waals surface area contributed by atoms with Crippen LogP contribution in [0.1, 0.15) is 11.3 Å². The molecule has 2 aromatic heterocycles. The molecule has 0 atom stereocenters. The molecule has 0 saturated heterocycles. The molecule has 1 aromatic carbocycles. The van der Waals surface area contributed by atoms with E-state index >= 15 is 0 Å². The van der Waals surface area contributed by atoms with E-state index in [1.807, 2.05) is 39.2 Å². The summed E-state index contributed by atoms with van der Waals surface area (Å²) in [5, 5.41) is 21.7. The Bertz CT molecular complexity index is 900. The molecule has 0 aliphatic carbocycles. The molecule has 0 bridgehead atoms. The van der Waals surface area contributed by atoms with Crippen molar-refractivity contribution in [3.63, 3.8) is 0 Å². The molecule has 0 unspecified atom stereocenters. The summed E-state index contributed by atoms with van der Waals surface area (Å²) in [6.45, 7) is 4.00. The van der Waals surface area contributed by atoms with Crippen molar-refractivity contribution in [1.29, 1.82) is 0 Å². The number of H-pyrrole nitrogens is 1. The minimum Gasteiger partial charge on any atom is -0.481 e. The van der Waals surface area contributed by atoms with Gasteiger partial charge < -0.3 is 10.1 Å². The average Bonchev–Trinajstić information content (AvgIpc) is 3.11. The van der Waals surface area contributed by atoms with Gasteiger partial charge in [-0.15, -0.1) is 10.2 Å². The highest BCUT2D eigenvalue weighted by molar-refractivity contribution is 7.99. The molecule has 3 rings (SSSR count). The number of thioether (sulfide) groups is 1. The van der Waals surface area contributed by atoms with Crippen molar-refractivity contribution in [2.45, 2.75) is 19.0 Å². The third-order valence-corrected chi connectivity index (χ3v) is 4.32. The first-order chi connectivity index (χ1) is 11.4. The van der Waals surface area contributed by atoms with E-state index in [0.29, 0.717) is 11.0 Å². The molecule has 0 amide bonds. The molecule has 7 nitrogen and oxygen atoms in total. The van der Waals surface area contributed by atoms with Gasteiger partial charge in [0, 0.05) is 24.4 Å². The largest absolute Gasteiger partial charge is 0.481 e. The number of hydrogen-bond donors (Lipinski definition) is 2. The summed E-state index contributed by atoms with van der Waals surface area (Å²) in [6, 6.07) is 6.15. The fourth-order valence-electron chi connectivity index (χ4n) is 2.53. The lowest BCUT2D eigenvalue weighted by Crippen LogP contribution is -1.97. The number of aryl methyl sites for hydroxylation is 3. The van der Waals surface area contributed by atoms with Crippen LogP contribution in [0, 0.1) is 13.8 Å². The van der Waals surface area contributed by atoms with Crippen LogP contribution in [0.2, 0.25) is 0 Å². The Labute approximate surface area is 143 Å². The highest BCUT2D eigenvalue weighted by Gasteiger charge is 2.12. The summed E-state index contributed by atoms with van der Waals surface area (Å²) < 4.78 is 1.79. The maximum atomic E-state index is 10.6. The molecule has 0 saturated carbocycles. The van der Waals surface area contributed by atoms with Crippen LogP contribution in [0.25, 0.3) is 22.5 Å². The highest BCUT2D eigenvalue weighted by atomic mass is 32.2. The van der Waals surface area contributed by atoms with Gasteiger partial charge in [0.1, 0.15) is 0 Å². The highest BCUT2D eigenvalue weighted by Crippen LogP contribution is 2.28. The zero-order chi connectivity index (χ0) is 17.3. The number of rotatable bonds is 5. The molecule has 0 fully saturated rings. The number of carboxylic acids is 1. The summed E-state index contributed by atoms with van der Waals surface area (Å²) in [5.74, 6) is -0.319. The lowest BCUT2D eigenvalue weighted by molar-refractivity contribution is -0.133. The minimum absolute atomic E-state index is 0.0530. The predicted molar refractivity (Wildman–Crippen MR) is 91.9 cm³/mol. The molecule has 0 spiro atoms. The molecule has 3 aromatic rings. The Balaban J connectivity index is 1.94. The standard InChI is InChI=1S/C16H17N5O2S/c1-9-4-11(13-7-21(3)20-10(13)2)6-12(5-9)15-17-16(19-18-15)24-8-14(22)23/h4-7H,8H2,1-3H3,(H,22,23)(H,17,18,19). The second-order valence-electron chi connectivity index (χ2n) is 5.55. The smallest absolute Gasteiger partial charge is 0.313 e. The molecule has 2 N–H and O–H groups in total. The zero-order valence-electron chi connectivity index (χ0n) is 13.6. The van der Waals surface area contributed by atoms with Gasteiger partial charge in [-0.05, 0) is 37.1 Å². The summed E-state index contributed by atoms with van der Waals surface area (Å²) in [7, 11) is 1.90. The van der Waals surface area contributed by atoms with Crippen molar-refractivity contribution in [3.8, 4) is 22.5 Å². The van der Waals surface area contributed by atoms with Crippen LogP contribution >= 0.6 is 11.8 Å². The van der Waals surface area contributed by atoms with Crippen LogP contribution < -0.4 is 0 Å². The van der Waals surface area contributed by atoms with Gasteiger partial charge in [-0.25, -0.2) is 0 Å². The van der Waals surface area contributed by atoms with Gasteiger partial charge in [-0.1, -0.05) is 17.8 Å². The van der Waals surface area contributed by atoms with Crippen LogP contribution in [0.4, 0.5) is 0 Å². The van der Waals surface area contributed by atoms with Gasteiger partial charge in [0.2, 0.25) is 0 Å². The van der Waals surface area contributed by atoms with E-state index in [0.717, 1.165) is 39.7 Å². The third-order valence-electron chi connectivity index (χ3n) is 3.47. The van der Waals surface area contributed by atoms with Crippen molar-refractivity contribution in [2.75, 3.05) is 5.75 Å². The zero-order valence-corrected chi connectivity index (χ0v) is 14.4. The molecule has 2 heterocycles. The molecule has 0 radical (unpaired) electrons. The van der Waals surface area contributed by atoms with Gasteiger partial charge in [-0.3, -0.25) is 9.48 Å². The Morgan fingerprint density at radius 2 is 2.00 bits per heavy atom. The Kier molecular flexibility index (Phi) is 4.39. The number of hydrogen-bond acceptors (Lipinski definition) is 5. The number of aromatic nitrogens is 5. The number of carboxylic acid groups (broad SMARTS) is 1. The number of aromatic amines is 1. The SMILES string of the molecule is Cc1cc(-c2nnc(SCC(=O)O)[nH]2)cc(-c2cn(C)nc2C)c1. The van der Waals surface area contributed by atoms with Gasteiger partial charge in [0.25, 0.3) is 0 Å². The normalized spacial score (nSPS) is 11.0. The lowest BCUT2D eigenvalue weighted by atomic mass is 10.0. The van der Waals surface area contributed by atoms with Gasteiger partial charge in [0.15, 0.2) is 11.0 Å². The number of nitrogens with zero attached hydrogens (tertiary/aromatic N) is 4. The maximum Gasteiger partial charge on any atom is 0.313 e. The second-order valence-corrected chi connectivity index (χ2v) is 6.51. The summed E-state index contributed by atoms with van der Waals surface area (Å²) >= 11 is 1.11. The first kappa shape index (κ1) is 16.3. The molecule has 124 valence electrons. The number of benzene rings is 1. The van der Waals surface area contributed by atoms with E-state index in [2.05, 4.69) is 26.3 Å². The fraction of sp³-hybridized carbons (Fsp3) is 0.250. The molecular formula is C16H17N5O2S. The first-order valence-electron chi connectivity index (χ1n) is 7.32. The summed E-state index contributed by atoms with van der Waals surface area (Å²) in [5.41, 5.74) is 5.10. The fourth-order valence-corrected chi connectivity index (χ4v) is 3.06. The molecule has 24 heavy (non-hydrogen) atoms. The van der Waals surface area contributed by atoms with Crippen LogP contribution in [0.3, 0.4) is 0 Å². The average molecular weight is 343 g/mol. The quantitative estimate of drug-likeness (QED) is 0.691. The Morgan fingerprint density at radius 3 is 2.67 bits per heavy atom. The van der Waals surface area contributed by atoms with E-state index in [-0.39, 0.29) is 5.75 Å². The molecule has 8 heteroatoms. The predicted octanol–water partition coefficient (Wildman–Crippen LogP) is 2.67. The summed E-state index contributed by atoms with van der Waals surface area (Å²) in [6.07, 6.45) is 1.99. The van der Waals surface area contributed by atoms with Crippen molar-refractivity contribution >= 4 is 17.7 Å². The van der Waals surface area contributed by atoms with Gasteiger partial charge in [0.05, 0.1) is 11.4 Å². The monoisotopic (exact) mass is 343 g/mol. The topological polar surface area (TPSA) is 96.7 Å². The Hall–Kier alpha value is -2.61. The van der Waals surface area contributed by atoms with E-state index in [1.54, 1.807) is 4.68 Å².